The summed E-state index contributed by atoms with van der Waals surface area (Å²) in [6.45, 7) is 7.47. The second kappa shape index (κ2) is 9.08. The number of halogens is 1. The Labute approximate surface area is 152 Å². The van der Waals surface area contributed by atoms with Gasteiger partial charge in [-0.2, -0.15) is 0 Å². The van der Waals surface area contributed by atoms with E-state index in [1.54, 1.807) is 11.8 Å². The molecular weight excluding hydrogens is 344 g/mol. The highest BCUT2D eigenvalue weighted by molar-refractivity contribution is 7.99. The maximum absolute atomic E-state index is 12.0. The molecule has 1 aromatic heterocycles. The summed E-state index contributed by atoms with van der Waals surface area (Å²) < 4.78 is 1.99. The lowest BCUT2D eigenvalue weighted by Crippen LogP contribution is -2.30. The molecule has 0 radical (unpaired) electrons. The van der Waals surface area contributed by atoms with Gasteiger partial charge in [-0.15, -0.1) is 10.2 Å². The molecule has 0 aliphatic rings. The molecule has 2 aromatic rings. The monoisotopic (exact) mass is 366 g/mol. The zero-order valence-corrected chi connectivity index (χ0v) is 15.9. The van der Waals surface area contributed by atoms with Crippen LogP contribution in [0.5, 0.6) is 0 Å². The molecule has 0 bridgehead atoms. The molecule has 24 heavy (non-hydrogen) atoms. The van der Waals surface area contributed by atoms with Gasteiger partial charge in [-0.3, -0.25) is 9.36 Å². The van der Waals surface area contributed by atoms with E-state index in [-0.39, 0.29) is 5.91 Å². The summed E-state index contributed by atoms with van der Waals surface area (Å²) in [7, 11) is 0. The van der Waals surface area contributed by atoms with Crippen LogP contribution < -0.4 is 0 Å². The van der Waals surface area contributed by atoms with E-state index in [1.807, 2.05) is 54.5 Å². The predicted molar refractivity (Wildman–Crippen MR) is 99.0 cm³/mol. The van der Waals surface area contributed by atoms with Gasteiger partial charge in [0.2, 0.25) is 5.91 Å². The zero-order chi connectivity index (χ0) is 17.5. The molecule has 7 heteroatoms. The van der Waals surface area contributed by atoms with Crippen LogP contribution in [-0.4, -0.2) is 44.4 Å². The van der Waals surface area contributed by atoms with Crippen molar-refractivity contribution in [1.29, 1.82) is 0 Å². The van der Waals surface area contributed by atoms with Crippen molar-refractivity contribution in [2.75, 3.05) is 18.8 Å². The summed E-state index contributed by atoms with van der Waals surface area (Å²) >= 11 is 7.70. The van der Waals surface area contributed by atoms with E-state index in [2.05, 4.69) is 10.2 Å². The van der Waals surface area contributed by atoms with Crippen LogP contribution in [0.15, 0.2) is 29.4 Å². The van der Waals surface area contributed by atoms with E-state index < -0.39 is 0 Å². The molecule has 1 heterocycles. The van der Waals surface area contributed by atoms with E-state index in [9.17, 15) is 4.79 Å². The first-order valence-electron chi connectivity index (χ1n) is 8.15. The van der Waals surface area contributed by atoms with Crippen LogP contribution in [-0.2, 0) is 4.79 Å². The van der Waals surface area contributed by atoms with Gasteiger partial charge in [0.25, 0.3) is 0 Å². The van der Waals surface area contributed by atoms with Crippen LogP contribution in [0.2, 0.25) is 5.02 Å². The summed E-state index contributed by atoms with van der Waals surface area (Å²) in [4.78, 5) is 13.9. The summed E-state index contributed by atoms with van der Waals surface area (Å²) in [5.41, 5.74) is 0.951. The number of carbonyl (C=O) groups excluding carboxylic acids is 1. The highest BCUT2D eigenvalue weighted by atomic mass is 35.5. The van der Waals surface area contributed by atoms with E-state index >= 15 is 0 Å². The van der Waals surface area contributed by atoms with Crippen molar-refractivity contribution >= 4 is 29.3 Å². The molecule has 2 rings (SSSR count). The molecule has 0 unspecified atom stereocenters. The Hall–Kier alpha value is -1.53. The van der Waals surface area contributed by atoms with Gasteiger partial charge < -0.3 is 4.90 Å². The number of benzene rings is 1. The van der Waals surface area contributed by atoms with E-state index in [0.29, 0.717) is 11.4 Å². The van der Waals surface area contributed by atoms with Crippen molar-refractivity contribution in [1.82, 2.24) is 19.7 Å². The van der Waals surface area contributed by atoms with Gasteiger partial charge in [-0.1, -0.05) is 29.4 Å². The Balaban J connectivity index is 1.96. The van der Waals surface area contributed by atoms with Gasteiger partial charge in [0.1, 0.15) is 5.82 Å². The van der Waals surface area contributed by atoms with Crippen LogP contribution in [0.25, 0.3) is 5.69 Å². The molecule has 0 atom stereocenters. The molecule has 0 fully saturated rings. The molecule has 0 saturated heterocycles. The summed E-state index contributed by atoms with van der Waals surface area (Å²) in [6.07, 6.45) is 1.39. The number of hydrogen-bond donors (Lipinski definition) is 0. The smallest absolute Gasteiger partial charge is 0.222 e. The highest BCUT2D eigenvalue weighted by Gasteiger charge is 2.13. The Kier molecular flexibility index (Phi) is 7.12. The van der Waals surface area contributed by atoms with Gasteiger partial charge in [0.15, 0.2) is 5.16 Å². The number of rotatable bonds is 8. The number of aromatic nitrogens is 3. The van der Waals surface area contributed by atoms with Crippen LogP contribution in [0.1, 0.15) is 32.5 Å². The molecule has 1 aromatic carbocycles. The van der Waals surface area contributed by atoms with Crippen molar-refractivity contribution in [2.24, 2.45) is 0 Å². The standard InChI is InChI=1S/C17H23ClN4OS/c1-4-21(5-2)16(23)10-7-11-24-17-20-19-13(3)22(17)15-9-6-8-14(18)12-15/h6,8-9,12H,4-5,7,10-11H2,1-3H3. The highest BCUT2D eigenvalue weighted by Crippen LogP contribution is 2.24. The minimum Gasteiger partial charge on any atom is -0.343 e. The van der Waals surface area contributed by atoms with Crippen molar-refractivity contribution < 1.29 is 4.79 Å². The fraction of sp³-hybridized carbons (Fsp3) is 0.471. The average Bonchev–Trinajstić information content (AvgIpc) is 2.93. The fourth-order valence-electron chi connectivity index (χ4n) is 2.47. The van der Waals surface area contributed by atoms with E-state index in [1.165, 1.54) is 0 Å². The second-order valence-electron chi connectivity index (χ2n) is 5.36. The molecule has 1 amide bonds. The molecule has 0 N–H and O–H groups in total. The second-order valence-corrected chi connectivity index (χ2v) is 6.86. The largest absolute Gasteiger partial charge is 0.343 e. The lowest BCUT2D eigenvalue weighted by atomic mass is 10.3. The third-order valence-electron chi connectivity index (χ3n) is 3.74. The van der Waals surface area contributed by atoms with Gasteiger partial charge in [-0.25, -0.2) is 0 Å². The Bertz CT molecular complexity index is 685. The molecule has 5 nitrogen and oxygen atoms in total. The predicted octanol–water partition coefficient (Wildman–Crippen LogP) is 3.97. The first kappa shape index (κ1) is 18.8. The third kappa shape index (κ3) is 4.74. The van der Waals surface area contributed by atoms with Crippen LogP contribution in [0, 0.1) is 6.92 Å². The van der Waals surface area contributed by atoms with Gasteiger partial charge in [-0.05, 0) is 45.4 Å². The average molecular weight is 367 g/mol. The lowest BCUT2D eigenvalue weighted by molar-refractivity contribution is -0.130. The van der Waals surface area contributed by atoms with Crippen LogP contribution in [0.4, 0.5) is 0 Å². The third-order valence-corrected chi connectivity index (χ3v) is 4.99. The number of thioether (sulfide) groups is 1. The summed E-state index contributed by atoms with van der Waals surface area (Å²) in [6, 6.07) is 7.63. The molecule has 130 valence electrons. The van der Waals surface area contributed by atoms with Crippen molar-refractivity contribution in [2.45, 2.75) is 38.8 Å². The molecular formula is C17H23ClN4OS. The fourth-order valence-corrected chi connectivity index (χ4v) is 3.59. The van der Waals surface area contributed by atoms with Crippen LogP contribution >= 0.6 is 23.4 Å². The Morgan fingerprint density at radius 1 is 1.29 bits per heavy atom. The number of aryl methyl sites for hydroxylation is 1. The molecule has 0 saturated carbocycles. The molecule has 0 aliphatic heterocycles. The van der Waals surface area contributed by atoms with E-state index in [0.717, 1.165) is 41.9 Å². The van der Waals surface area contributed by atoms with Crippen molar-refractivity contribution in [3.05, 3.63) is 35.1 Å². The normalized spacial score (nSPS) is 10.8. The molecule has 0 aliphatic carbocycles. The number of nitrogens with zero attached hydrogens (tertiary/aromatic N) is 4. The maximum atomic E-state index is 12.0. The van der Waals surface area contributed by atoms with E-state index in [4.69, 9.17) is 11.6 Å². The van der Waals surface area contributed by atoms with Crippen LogP contribution in [0.3, 0.4) is 0 Å². The van der Waals surface area contributed by atoms with Crippen molar-refractivity contribution in [3.63, 3.8) is 0 Å². The Morgan fingerprint density at radius 3 is 2.71 bits per heavy atom. The number of amides is 1. The Morgan fingerprint density at radius 2 is 2.04 bits per heavy atom. The SMILES string of the molecule is CCN(CC)C(=O)CCCSc1nnc(C)n1-c1cccc(Cl)c1. The van der Waals surface area contributed by atoms with Gasteiger partial charge >= 0.3 is 0 Å². The quantitative estimate of drug-likeness (QED) is 0.524. The molecule has 0 spiro atoms. The minimum atomic E-state index is 0.216. The zero-order valence-electron chi connectivity index (χ0n) is 14.3. The van der Waals surface area contributed by atoms with Gasteiger partial charge in [0.05, 0.1) is 5.69 Å². The number of hydrogen-bond acceptors (Lipinski definition) is 4. The van der Waals surface area contributed by atoms with Crippen molar-refractivity contribution in [3.8, 4) is 5.69 Å². The summed E-state index contributed by atoms with van der Waals surface area (Å²) in [5.74, 6) is 1.86. The number of carbonyl (C=O) groups is 1. The maximum Gasteiger partial charge on any atom is 0.222 e. The first-order valence-corrected chi connectivity index (χ1v) is 9.51. The topological polar surface area (TPSA) is 51.0 Å². The first-order chi connectivity index (χ1) is 11.6. The minimum absolute atomic E-state index is 0.216. The lowest BCUT2D eigenvalue weighted by Gasteiger charge is -2.18. The summed E-state index contributed by atoms with van der Waals surface area (Å²) in [5, 5.41) is 9.91. The van der Waals surface area contributed by atoms with Gasteiger partial charge in [0, 0.05) is 30.3 Å².